The Morgan fingerprint density at radius 1 is 0.917 bits per heavy atom. The van der Waals surface area contributed by atoms with Crippen LogP contribution in [0.4, 0.5) is 0 Å². The molecule has 0 heterocycles. The quantitative estimate of drug-likeness (QED) is 0.574. The van der Waals surface area contributed by atoms with E-state index in [1.807, 2.05) is 6.92 Å². The summed E-state index contributed by atoms with van der Waals surface area (Å²) in [5.74, 6) is -2.21. The number of ether oxygens (including phenoxy) is 3. The SMILES string of the molecule is CC(=O)N[C@@H]1[C@@H](OC(C)=O)[C@@H](OC(C)=O)[C@@H](COC(C)=O)C[C@H]1C. The van der Waals surface area contributed by atoms with Crippen LogP contribution >= 0.6 is 0 Å². The summed E-state index contributed by atoms with van der Waals surface area (Å²) in [6.45, 7) is 7.08. The lowest BCUT2D eigenvalue weighted by molar-refractivity contribution is -0.185. The molecule has 0 aromatic rings. The third-order valence-electron chi connectivity index (χ3n) is 3.90. The molecule has 0 aromatic heterocycles. The third-order valence-corrected chi connectivity index (χ3v) is 3.90. The predicted octanol–water partition coefficient (Wildman–Crippen LogP) is 0.574. The van der Waals surface area contributed by atoms with Crippen molar-refractivity contribution in [3.8, 4) is 0 Å². The lowest BCUT2D eigenvalue weighted by Gasteiger charge is -2.44. The van der Waals surface area contributed by atoms with Crippen LogP contribution in [0.5, 0.6) is 0 Å². The van der Waals surface area contributed by atoms with E-state index in [4.69, 9.17) is 14.2 Å². The fourth-order valence-electron chi connectivity index (χ4n) is 3.09. The number of carbonyl (C=O) groups is 4. The summed E-state index contributed by atoms with van der Waals surface area (Å²) >= 11 is 0. The van der Waals surface area contributed by atoms with Gasteiger partial charge in [-0.1, -0.05) is 6.92 Å². The molecule has 1 N–H and O–H groups in total. The van der Waals surface area contributed by atoms with E-state index < -0.39 is 36.2 Å². The summed E-state index contributed by atoms with van der Waals surface area (Å²) in [5.41, 5.74) is 0. The first kappa shape index (κ1) is 19.9. The van der Waals surface area contributed by atoms with Gasteiger partial charge in [0.05, 0.1) is 12.6 Å². The van der Waals surface area contributed by atoms with E-state index in [0.717, 1.165) is 0 Å². The maximum absolute atomic E-state index is 11.5. The topological polar surface area (TPSA) is 108 Å². The average Bonchev–Trinajstić information content (AvgIpc) is 2.42. The fourth-order valence-corrected chi connectivity index (χ4v) is 3.09. The van der Waals surface area contributed by atoms with Gasteiger partial charge in [0.1, 0.15) is 6.10 Å². The van der Waals surface area contributed by atoms with Gasteiger partial charge in [0, 0.05) is 33.6 Å². The second-order valence-corrected chi connectivity index (χ2v) is 6.15. The second-order valence-electron chi connectivity index (χ2n) is 6.15. The van der Waals surface area contributed by atoms with E-state index in [-0.39, 0.29) is 24.3 Å². The minimum atomic E-state index is -0.848. The Bertz CT molecular complexity index is 505. The molecule has 1 aliphatic rings. The molecule has 0 spiro atoms. The Balaban J connectivity index is 3.11. The van der Waals surface area contributed by atoms with Crippen molar-refractivity contribution in [2.45, 2.75) is 59.3 Å². The molecule has 0 saturated heterocycles. The van der Waals surface area contributed by atoms with Crippen LogP contribution in [0.15, 0.2) is 0 Å². The summed E-state index contributed by atoms with van der Waals surface area (Å²) in [7, 11) is 0. The number of esters is 3. The number of nitrogens with one attached hydrogen (secondary N) is 1. The molecular weight excluding hydrogens is 318 g/mol. The smallest absolute Gasteiger partial charge is 0.303 e. The van der Waals surface area contributed by atoms with Crippen molar-refractivity contribution in [1.82, 2.24) is 5.32 Å². The molecule has 1 saturated carbocycles. The van der Waals surface area contributed by atoms with E-state index in [1.165, 1.54) is 27.7 Å². The fraction of sp³-hybridized carbons (Fsp3) is 0.750. The van der Waals surface area contributed by atoms with E-state index in [0.29, 0.717) is 6.42 Å². The van der Waals surface area contributed by atoms with E-state index in [1.54, 1.807) is 0 Å². The largest absolute Gasteiger partial charge is 0.465 e. The standard InChI is InChI=1S/C16H25NO7/c1-8-6-13(7-22-10(3)19)15(23-11(4)20)16(24-12(5)21)14(8)17-9(2)18/h8,13-16H,6-7H2,1-5H3,(H,17,18)/t8-,13-,14+,15+,16-/m1/s1. The molecule has 0 unspecified atom stereocenters. The van der Waals surface area contributed by atoms with Gasteiger partial charge in [-0.15, -0.1) is 0 Å². The van der Waals surface area contributed by atoms with Gasteiger partial charge in [-0.25, -0.2) is 0 Å². The van der Waals surface area contributed by atoms with Gasteiger partial charge < -0.3 is 19.5 Å². The van der Waals surface area contributed by atoms with Gasteiger partial charge in [-0.3, -0.25) is 19.2 Å². The Morgan fingerprint density at radius 3 is 1.92 bits per heavy atom. The van der Waals surface area contributed by atoms with Crippen LogP contribution in [-0.4, -0.2) is 48.7 Å². The Hall–Kier alpha value is -2.12. The van der Waals surface area contributed by atoms with E-state index in [2.05, 4.69) is 5.32 Å². The van der Waals surface area contributed by atoms with Gasteiger partial charge in [0.25, 0.3) is 0 Å². The van der Waals surface area contributed by atoms with Crippen molar-refractivity contribution in [2.75, 3.05) is 6.61 Å². The molecule has 1 rings (SSSR count). The van der Waals surface area contributed by atoms with Crippen LogP contribution in [-0.2, 0) is 33.4 Å². The van der Waals surface area contributed by atoms with Gasteiger partial charge >= 0.3 is 17.9 Å². The molecular formula is C16H25NO7. The lowest BCUT2D eigenvalue weighted by Crippen LogP contribution is -2.60. The molecule has 5 atom stereocenters. The summed E-state index contributed by atoms with van der Waals surface area (Å²) < 4.78 is 15.8. The highest BCUT2D eigenvalue weighted by atomic mass is 16.6. The number of carbonyl (C=O) groups excluding carboxylic acids is 4. The number of hydrogen-bond acceptors (Lipinski definition) is 7. The molecule has 1 fully saturated rings. The predicted molar refractivity (Wildman–Crippen MR) is 82.6 cm³/mol. The highest BCUT2D eigenvalue weighted by Crippen LogP contribution is 2.34. The summed E-state index contributed by atoms with van der Waals surface area (Å²) in [6.07, 6.45) is -1.12. The van der Waals surface area contributed by atoms with Crippen LogP contribution in [0.3, 0.4) is 0 Å². The molecule has 1 amide bonds. The number of rotatable bonds is 5. The van der Waals surface area contributed by atoms with E-state index >= 15 is 0 Å². The molecule has 8 nitrogen and oxygen atoms in total. The first-order valence-corrected chi connectivity index (χ1v) is 7.86. The molecule has 24 heavy (non-hydrogen) atoms. The summed E-state index contributed by atoms with van der Waals surface area (Å²) in [4.78, 5) is 45.6. The lowest BCUT2D eigenvalue weighted by atomic mass is 9.75. The molecule has 1 aliphatic carbocycles. The highest BCUT2D eigenvalue weighted by molar-refractivity contribution is 5.73. The van der Waals surface area contributed by atoms with Gasteiger partial charge in [0.2, 0.25) is 5.91 Å². The minimum absolute atomic E-state index is 0.0438. The van der Waals surface area contributed by atoms with Crippen LogP contribution in [0, 0.1) is 11.8 Å². The molecule has 0 radical (unpaired) electrons. The molecule has 0 aliphatic heterocycles. The highest BCUT2D eigenvalue weighted by Gasteiger charge is 2.48. The van der Waals surface area contributed by atoms with Gasteiger partial charge in [0.15, 0.2) is 6.10 Å². The van der Waals surface area contributed by atoms with Crippen molar-refractivity contribution in [3.63, 3.8) is 0 Å². The van der Waals surface area contributed by atoms with Crippen LogP contribution < -0.4 is 5.32 Å². The Morgan fingerprint density at radius 2 is 1.46 bits per heavy atom. The zero-order valence-corrected chi connectivity index (χ0v) is 14.7. The van der Waals surface area contributed by atoms with Gasteiger partial charge in [-0.2, -0.15) is 0 Å². The van der Waals surface area contributed by atoms with Crippen LogP contribution in [0.2, 0.25) is 0 Å². The summed E-state index contributed by atoms with van der Waals surface area (Å²) in [5, 5.41) is 2.76. The zero-order valence-electron chi connectivity index (χ0n) is 14.7. The van der Waals surface area contributed by atoms with Crippen LogP contribution in [0.25, 0.3) is 0 Å². The minimum Gasteiger partial charge on any atom is -0.465 e. The van der Waals surface area contributed by atoms with Crippen molar-refractivity contribution < 1.29 is 33.4 Å². The summed E-state index contributed by atoms with van der Waals surface area (Å²) in [6, 6.07) is -0.496. The number of amides is 1. The average molecular weight is 343 g/mol. The maximum Gasteiger partial charge on any atom is 0.303 e. The first-order valence-electron chi connectivity index (χ1n) is 7.86. The third kappa shape index (κ3) is 5.82. The van der Waals surface area contributed by atoms with Crippen molar-refractivity contribution in [3.05, 3.63) is 0 Å². The zero-order chi connectivity index (χ0) is 18.4. The van der Waals surface area contributed by atoms with E-state index in [9.17, 15) is 19.2 Å². The monoisotopic (exact) mass is 343 g/mol. The maximum atomic E-state index is 11.5. The van der Waals surface area contributed by atoms with Gasteiger partial charge in [-0.05, 0) is 12.3 Å². The van der Waals surface area contributed by atoms with Crippen molar-refractivity contribution in [1.29, 1.82) is 0 Å². The normalized spacial score (nSPS) is 29.3. The number of hydrogen-bond donors (Lipinski definition) is 1. The van der Waals surface area contributed by atoms with Crippen LogP contribution in [0.1, 0.15) is 41.0 Å². The molecule has 136 valence electrons. The second kappa shape index (κ2) is 8.65. The molecule has 8 heteroatoms. The molecule has 0 aromatic carbocycles. The Labute approximate surface area is 141 Å². The van der Waals surface area contributed by atoms with Crippen molar-refractivity contribution in [2.24, 2.45) is 11.8 Å². The molecule has 0 bridgehead atoms. The Kier molecular flexibility index (Phi) is 7.18. The van der Waals surface area contributed by atoms with Crippen molar-refractivity contribution >= 4 is 23.8 Å². The first-order chi connectivity index (χ1) is 11.1.